The first-order chi connectivity index (χ1) is 17.0. The van der Waals surface area contributed by atoms with E-state index in [2.05, 4.69) is 17.0 Å². The maximum atomic E-state index is 13.6. The molecule has 35 heavy (non-hydrogen) atoms. The summed E-state index contributed by atoms with van der Waals surface area (Å²) in [6, 6.07) is 16.3. The number of aromatic nitrogens is 2. The molecule has 0 aliphatic carbocycles. The summed E-state index contributed by atoms with van der Waals surface area (Å²) in [4.78, 5) is 33.1. The van der Waals surface area contributed by atoms with Crippen LogP contribution in [0.5, 0.6) is 0 Å². The number of anilines is 1. The van der Waals surface area contributed by atoms with E-state index in [4.69, 9.17) is 5.10 Å². The van der Waals surface area contributed by atoms with Crippen molar-refractivity contribution >= 4 is 17.5 Å². The molecule has 0 atom stereocenters. The molecule has 0 spiro atoms. The van der Waals surface area contributed by atoms with E-state index in [1.807, 2.05) is 71.7 Å². The van der Waals surface area contributed by atoms with E-state index in [1.165, 1.54) is 5.69 Å². The summed E-state index contributed by atoms with van der Waals surface area (Å²) < 4.78 is 1.95. The zero-order valence-corrected chi connectivity index (χ0v) is 20.8. The van der Waals surface area contributed by atoms with E-state index in [1.54, 1.807) is 0 Å². The van der Waals surface area contributed by atoms with Gasteiger partial charge in [0.15, 0.2) is 5.69 Å². The van der Waals surface area contributed by atoms with Gasteiger partial charge in [0.05, 0.1) is 6.54 Å². The Labute approximate surface area is 206 Å². The van der Waals surface area contributed by atoms with Gasteiger partial charge in [0.2, 0.25) is 0 Å². The molecule has 1 fully saturated rings. The van der Waals surface area contributed by atoms with Crippen LogP contribution in [0.3, 0.4) is 0 Å². The zero-order valence-electron chi connectivity index (χ0n) is 20.8. The number of rotatable bonds is 4. The Morgan fingerprint density at radius 2 is 1.63 bits per heavy atom. The summed E-state index contributed by atoms with van der Waals surface area (Å²) >= 11 is 0. The lowest BCUT2D eigenvalue weighted by Crippen LogP contribution is -2.49. The summed E-state index contributed by atoms with van der Waals surface area (Å²) in [5.41, 5.74) is 6.55. The Bertz CT molecular complexity index is 1240. The molecule has 0 unspecified atom stereocenters. The number of hydrogen-bond acceptors (Lipinski definition) is 4. The highest BCUT2D eigenvalue weighted by Gasteiger charge is 2.33. The highest BCUT2D eigenvalue weighted by atomic mass is 16.2. The third-order valence-corrected chi connectivity index (χ3v) is 7.22. The zero-order chi connectivity index (χ0) is 24.5. The van der Waals surface area contributed by atoms with Gasteiger partial charge in [-0.2, -0.15) is 5.10 Å². The van der Waals surface area contributed by atoms with Crippen LogP contribution in [0.25, 0.3) is 0 Å². The molecule has 0 N–H and O–H groups in total. The molecule has 7 nitrogen and oxygen atoms in total. The van der Waals surface area contributed by atoms with E-state index < -0.39 is 0 Å². The number of aryl methyl sites for hydroxylation is 3. The van der Waals surface area contributed by atoms with Crippen LogP contribution in [0.2, 0.25) is 0 Å². The molecule has 2 aliphatic heterocycles. The van der Waals surface area contributed by atoms with Crippen molar-refractivity contribution in [1.29, 1.82) is 0 Å². The number of carbonyl (C=O) groups is 2. The number of benzene rings is 2. The van der Waals surface area contributed by atoms with Gasteiger partial charge in [0.1, 0.15) is 0 Å². The number of piperazine rings is 1. The van der Waals surface area contributed by atoms with Gasteiger partial charge in [-0.05, 0) is 44.5 Å². The Hall–Kier alpha value is -3.61. The summed E-state index contributed by atoms with van der Waals surface area (Å²) in [6.45, 7) is 10.7. The number of para-hydroxylation sites is 1. The van der Waals surface area contributed by atoms with Crippen molar-refractivity contribution in [2.24, 2.45) is 0 Å². The van der Waals surface area contributed by atoms with Gasteiger partial charge in [0, 0.05) is 68.2 Å². The topological polar surface area (TPSA) is 61.7 Å². The fraction of sp³-hybridized carbons (Fsp3) is 0.393. The molecule has 1 aromatic heterocycles. The lowest BCUT2D eigenvalue weighted by atomic mass is 10.0. The lowest BCUT2D eigenvalue weighted by Gasteiger charge is -2.36. The fourth-order valence-corrected chi connectivity index (χ4v) is 5.28. The van der Waals surface area contributed by atoms with Crippen molar-refractivity contribution in [3.05, 3.63) is 82.2 Å². The molecule has 7 heteroatoms. The van der Waals surface area contributed by atoms with Crippen LogP contribution >= 0.6 is 0 Å². The third-order valence-electron chi connectivity index (χ3n) is 7.22. The average molecular weight is 472 g/mol. The first kappa shape index (κ1) is 23.1. The van der Waals surface area contributed by atoms with Crippen molar-refractivity contribution in [2.45, 2.75) is 40.3 Å². The lowest BCUT2D eigenvalue weighted by molar-refractivity contribution is 0.0709. The van der Waals surface area contributed by atoms with E-state index in [0.717, 1.165) is 41.0 Å². The molecule has 0 bridgehead atoms. The summed E-state index contributed by atoms with van der Waals surface area (Å²) in [5.74, 6) is -0.00532. The molecule has 2 amide bonds. The molecule has 2 aromatic carbocycles. The molecule has 0 saturated carbocycles. The fourth-order valence-electron chi connectivity index (χ4n) is 5.28. The monoisotopic (exact) mass is 471 g/mol. The molecule has 3 aromatic rings. The Balaban J connectivity index is 1.35. The second-order valence-electron chi connectivity index (χ2n) is 9.50. The number of nitrogens with zero attached hydrogens (tertiary/aromatic N) is 5. The van der Waals surface area contributed by atoms with Gasteiger partial charge < -0.3 is 14.7 Å². The second-order valence-corrected chi connectivity index (χ2v) is 9.50. The van der Waals surface area contributed by atoms with E-state index >= 15 is 0 Å². The number of hydrogen-bond donors (Lipinski definition) is 0. The van der Waals surface area contributed by atoms with Crippen molar-refractivity contribution in [2.75, 3.05) is 37.6 Å². The van der Waals surface area contributed by atoms with Crippen LogP contribution in [-0.4, -0.2) is 64.1 Å². The number of carbonyl (C=O) groups excluding carboxylic acids is 2. The van der Waals surface area contributed by atoms with Crippen molar-refractivity contribution in [1.82, 2.24) is 19.6 Å². The molecule has 5 rings (SSSR count). The first-order valence-corrected chi connectivity index (χ1v) is 12.5. The molecular weight excluding hydrogens is 438 g/mol. The molecule has 1 saturated heterocycles. The summed E-state index contributed by atoms with van der Waals surface area (Å²) in [7, 11) is 0. The summed E-state index contributed by atoms with van der Waals surface area (Å²) in [6.07, 6.45) is 0.710. The van der Waals surface area contributed by atoms with E-state index in [9.17, 15) is 9.59 Å². The largest absolute Gasteiger partial charge is 0.368 e. The highest BCUT2D eigenvalue weighted by molar-refractivity contribution is 5.97. The van der Waals surface area contributed by atoms with Gasteiger partial charge in [0.25, 0.3) is 11.8 Å². The predicted octanol–water partition coefficient (Wildman–Crippen LogP) is 3.68. The molecule has 182 valence electrons. The van der Waals surface area contributed by atoms with Gasteiger partial charge in [-0.25, -0.2) is 0 Å². The minimum atomic E-state index is -0.0259. The first-order valence-electron chi connectivity index (χ1n) is 12.5. The standard InChI is InChI=1S/C28H33N5O2/c1-4-33-25-12-13-32(27(34)23-11-10-20(2)18-21(23)3)19-24(25)26(29-33)28(35)31-16-14-30(15-17-31)22-8-6-5-7-9-22/h5-11,18H,4,12-17,19H2,1-3H3. The van der Waals surface area contributed by atoms with Crippen LogP contribution in [0, 0.1) is 13.8 Å². The van der Waals surface area contributed by atoms with Crippen LogP contribution in [0.4, 0.5) is 5.69 Å². The van der Waals surface area contributed by atoms with Crippen LogP contribution < -0.4 is 4.90 Å². The van der Waals surface area contributed by atoms with Gasteiger partial charge in [-0.3, -0.25) is 14.3 Å². The SMILES string of the molecule is CCn1nc(C(=O)N2CCN(c3ccccc3)CC2)c2c1CCN(C(=O)c1ccc(C)cc1C)C2. The number of fused-ring (bicyclic) bond motifs is 1. The number of amides is 2. The average Bonchev–Trinajstić information content (AvgIpc) is 3.26. The highest BCUT2D eigenvalue weighted by Crippen LogP contribution is 2.27. The molecule has 0 radical (unpaired) electrons. The van der Waals surface area contributed by atoms with Crippen LogP contribution in [-0.2, 0) is 19.5 Å². The van der Waals surface area contributed by atoms with Gasteiger partial charge >= 0.3 is 0 Å². The van der Waals surface area contributed by atoms with Crippen molar-refractivity contribution in [3.8, 4) is 0 Å². The van der Waals surface area contributed by atoms with Crippen molar-refractivity contribution in [3.63, 3.8) is 0 Å². The van der Waals surface area contributed by atoms with Crippen LogP contribution in [0.1, 0.15) is 50.2 Å². The smallest absolute Gasteiger partial charge is 0.274 e. The minimum Gasteiger partial charge on any atom is -0.368 e. The van der Waals surface area contributed by atoms with Crippen LogP contribution in [0.15, 0.2) is 48.5 Å². The maximum Gasteiger partial charge on any atom is 0.274 e. The molecule has 3 heterocycles. The van der Waals surface area contributed by atoms with Crippen molar-refractivity contribution < 1.29 is 9.59 Å². The van der Waals surface area contributed by atoms with E-state index in [0.29, 0.717) is 44.8 Å². The van der Waals surface area contributed by atoms with E-state index in [-0.39, 0.29) is 11.8 Å². The molecular formula is C28H33N5O2. The Morgan fingerprint density at radius 1 is 0.886 bits per heavy atom. The third kappa shape index (κ3) is 4.43. The quantitative estimate of drug-likeness (QED) is 0.582. The predicted molar refractivity (Wildman–Crippen MR) is 137 cm³/mol. The van der Waals surface area contributed by atoms with Gasteiger partial charge in [-0.15, -0.1) is 0 Å². The van der Waals surface area contributed by atoms with Gasteiger partial charge in [-0.1, -0.05) is 35.9 Å². The molecule has 2 aliphatic rings. The minimum absolute atomic E-state index is 0.0206. The second kappa shape index (κ2) is 9.56. The maximum absolute atomic E-state index is 13.6. The Kier molecular flexibility index (Phi) is 6.32. The normalized spacial score (nSPS) is 15.8. The summed E-state index contributed by atoms with van der Waals surface area (Å²) in [5, 5.41) is 4.73. The Morgan fingerprint density at radius 3 is 2.31 bits per heavy atom.